The van der Waals surface area contributed by atoms with Crippen molar-refractivity contribution in [3.63, 3.8) is 0 Å². The average Bonchev–Trinajstić information content (AvgIpc) is 2.76. The van der Waals surface area contributed by atoms with Gasteiger partial charge in [-0.15, -0.1) is 11.5 Å². The Balaban J connectivity index is 0.000000562. The molecule has 2 nitrogen and oxygen atoms in total. The first-order valence-corrected chi connectivity index (χ1v) is 12.2. The van der Waals surface area contributed by atoms with Gasteiger partial charge in [-0.3, -0.25) is 0 Å². The largest absolute Gasteiger partial charge is 2.00 e. The maximum Gasteiger partial charge on any atom is 2.00 e. The van der Waals surface area contributed by atoms with Crippen LogP contribution in [0.4, 0.5) is 0 Å². The minimum Gasteiger partial charge on any atom is -0.872 e. The first-order chi connectivity index (χ1) is 14.7. The van der Waals surface area contributed by atoms with E-state index in [1.165, 1.54) is 64.2 Å². The van der Waals surface area contributed by atoms with Crippen LogP contribution in [0.1, 0.15) is 102 Å². The standard InChI is InChI=1S/2C14H22O.Cd/c2*1-2-3-4-5-6-7-10-13-11-8-9-12-14(13)15;/h2*8-9,11-12,15H,2-7,10H2,1H3;/q;;+2/p-2. The second kappa shape index (κ2) is 20.8. The van der Waals surface area contributed by atoms with Gasteiger partial charge in [-0.1, -0.05) is 138 Å². The maximum absolute atomic E-state index is 11.4. The number of para-hydroxylation sites is 2. The van der Waals surface area contributed by atoms with E-state index >= 15 is 0 Å². The summed E-state index contributed by atoms with van der Waals surface area (Å²) in [6.45, 7) is 4.46. The molecule has 0 atom stereocenters. The molecule has 2 aromatic rings. The number of benzene rings is 2. The number of hydrogen-bond acceptors (Lipinski definition) is 2. The molecule has 0 amide bonds. The molecule has 0 saturated heterocycles. The minimum absolute atomic E-state index is 0. The zero-order valence-corrected chi connectivity index (χ0v) is 24.1. The van der Waals surface area contributed by atoms with Crippen LogP contribution in [-0.2, 0) is 40.1 Å². The summed E-state index contributed by atoms with van der Waals surface area (Å²) in [4.78, 5) is 0. The third-order valence-electron chi connectivity index (χ3n) is 5.54. The van der Waals surface area contributed by atoms with Crippen LogP contribution in [0.15, 0.2) is 48.5 Å². The summed E-state index contributed by atoms with van der Waals surface area (Å²) >= 11 is 0. The molecular formula is C28H42CdO2. The van der Waals surface area contributed by atoms with Crippen LogP contribution >= 0.6 is 0 Å². The van der Waals surface area contributed by atoms with Crippen LogP contribution in [0.5, 0.6) is 11.5 Å². The van der Waals surface area contributed by atoms with Crippen LogP contribution in [-0.4, -0.2) is 0 Å². The van der Waals surface area contributed by atoms with Gasteiger partial charge in [-0.2, -0.15) is 0 Å². The van der Waals surface area contributed by atoms with Gasteiger partial charge < -0.3 is 10.2 Å². The van der Waals surface area contributed by atoms with E-state index in [9.17, 15) is 10.2 Å². The first-order valence-electron chi connectivity index (χ1n) is 12.2. The summed E-state index contributed by atoms with van der Waals surface area (Å²) in [7, 11) is 0. The average molecular weight is 523 g/mol. The van der Waals surface area contributed by atoms with E-state index in [1.807, 2.05) is 36.4 Å². The molecule has 0 aliphatic carbocycles. The van der Waals surface area contributed by atoms with Crippen molar-refractivity contribution in [3.05, 3.63) is 59.7 Å². The number of rotatable bonds is 14. The third-order valence-corrected chi connectivity index (χ3v) is 5.54. The van der Waals surface area contributed by atoms with Crippen molar-refractivity contribution < 1.29 is 37.5 Å². The SMILES string of the molecule is CCCCCCCCc1ccccc1[O-].CCCCCCCCc1ccccc1[O-].[Cd+2]. The van der Waals surface area contributed by atoms with Crippen LogP contribution < -0.4 is 10.2 Å². The molecule has 0 radical (unpaired) electrons. The van der Waals surface area contributed by atoms with Crippen LogP contribution in [0.2, 0.25) is 0 Å². The molecule has 2 rings (SSSR count). The second-order valence-electron chi connectivity index (χ2n) is 8.25. The van der Waals surface area contributed by atoms with E-state index in [2.05, 4.69) is 13.8 Å². The van der Waals surface area contributed by atoms with Crippen LogP contribution in [0.25, 0.3) is 0 Å². The Kier molecular flexibility index (Phi) is 20.1. The summed E-state index contributed by atoms with van der Waals surface area (Å²) < 4.78 is 0. The Morgan fingerprint density at radius 2 is 0.806 bits per heavy atom. The van der Waals surface area contributed by atoms with Gasteiger partial charge >= 0.3 is 27.3 Å². The van der Waals surface area contributed by atoms with Crippen molar-refractivity contribution in [2.45, 2.75) is 104 Å². The zero-order valence-electron chi connectivity index (χ0n) is 20.0. The van der Waals surface area contributed by atoms with Crippen molar-refractivity contribution in [2.75, 3.05) is 0 Å². The van der Waals surface area contributed by atoms with E-state index in [4.69, 9.17) is 0 Å². The Bertz CT molecular complexity index is 599. The molecule has 0 spiro atoms. The predicted octanol–water partition coefficient (Wildman–Crippen LogP) is 7.32. The van der Waals surface area contributed by atoms with Gasteiger partial charge in [0.15, 0.2) is 0 Å². The topological polar surface area (TPSA) is 46.1 Å². The molecule has 0 unspecified atom stereocenters. The Hall–Kier alpha value is -1.04. The molecule has 3 heteroatoms. The first kappa shape index (κ1) is 30.0. The molecule has 0 aliphatic heterocycles. The fourth-order valence-corrected chi connectivity index (χ4v) is 3.61. The molecule has 0 fully saturated rings. The van der Waals surface area contributed by atoms with Gasteiger partial charge in [0.2, 0.25) is 0 Å². The van der Waals surface area contributed by atoms with Gasteiger partial charge in [-0.05, 0) is 25.7 Å². The van der Waals surface area contributed by atoms with Gasteiger partial charge in [0.05, 0.1) is 0 Å². The monoisotopic (exact) mass is 524 g/mol. The Morgan fingerprint density at radius 1 is 0.484 bits per heavy atom. The van der Waals surface area contributed by atoms with Crippen molar-refractivity contribution in [1.82, 2.24) is 0 Å². The third kappa shape index (κ3) is 15.4. The van der Waals surface area contributed by atoms with E-state index in [0.717, 1.165) is 36.8 Å². The van der Waals surface area contributed by atoms with Crippen LogP contribution in [0, 0.1) is 0 Å². The molecule has 0 aliphatic rings. The number of aryl methyl sites for hydroxylation is 2. The second-order valence-corrected chi connectivity index (χ2v) is 8.25. The van der Waals surface area contributed by atoms with E-state index in [0.29, 0.717) is 0 Å². The number of hydrogen-bond donors (Lipinski definition) is 0. The minimum atomic E-state index is 0. The normalized spacial score (nSPS) is 10.1. The smallest absolute Gasteiger partial charge is 0.872 e. The molecular weight excluding hydrogens is 481 g/mol. The zero-order chi connectivity index (χ0) is 21.9. The summed E-state index contributed by atoms with van der Waals surface area (Å²) in [6, 6.07) is 14.8. The fourth-order valence-electron chi connectivity index (χ4n) is 3.61. The van der Waals surface area contributed by atoms with Crippen molar-refractivity contribution in [3.8, 4) is 11.5 Å². The summed E-state index contributed by atoms with van der Waals surface area (Å²) in [5.74, 6) is 0.400. The quantitative estimate of drug-likeness (QED) is 0.193. The Labute approximate surface area is 211 Å². The predicted molar refractivity (Wildman–Crippen MR) is 126 cm³/mol. The molecule has 31 heavy (non-hydrogen) atoms. The van der Waals surface area contributed by atoms with E-state index < -0.39 is 0 Å². The molecule has 0 N–H and O–H groups in total. The summed E-state index contributed by atoms with van der Waals surface area (Å²) in [5, 5.41) is 22.8. The van der Waals surface area contributed by atoms with Crippen molar-refractivity contribution in [2.24, 2.45) is 0 Å². The van der Waals surface area contributed by atoms with Crippen molar-refractivity contribution >= 4 is 0 Å². The molecule has 0 saturated carbocycles. The summed E-state index contributed by atoms with van der Waals surface area (Å²) in [6.07, 6.45) is 17.3. The maximum atomic E-state index is 11.4. The van der Waals surface area contributed by atoms with Crippen LogP contribution in [0.3, 0.4) is 0 Å². The number of unbranched alkanes of at least 4 members (excludes halogenated alkanes) is 10. The van der Waals surface area contributed by atoms with Gasteiger partial charge in [0.1, 0.15) is 0 Å². The van der Waals surface area contributed by atoms with E-state index in [-0.39, 0.29) is 38.8 Å². The molecule has 2 aromatic carbocycles. The van der Waals surface area contributed by atoms with E-state index in [1.54, 1.807) is 12.1 Å². The molecule has 0 aromatic heterocycles. The molecule has 0 heterocycles. The van der Waals surface area contributed by atoms with Gasteiger partial charge in [0, 0.05) is 0 Å². The van der Waals surface area contributed by atoms with Crippen molar-refractivity contribution in [1.29, 1.82) is 0 Å². The summed E-state index contributed by atoms with van der Waals surface area (Å²) in [5.41, 5.74) is 1.96. The van der Waals surface area contributed by atoms with Gasteiger partial charge in [0.25, 0.3) is 0 Å². The van der Waals surface area contributed by atoms with Gasteiger partial charge in [-0.25, -0.2) is 0 Å². The molecule has 0 bridgehead atoms. The Morgan fingerprint density at radius 3 is 1.16 bits per heavy atom. The molecule has 168 valence electrons. The fraction of sp³-hybridized carbons (Fsp3) is 0.571.